The van der Waals surface area contributed by atoms with Crippen LogP contribution in [0.25, 0.3) is 0 Å². The van der Waals surface area contributed by atoms with Crippen LogP contribution in [0.3, 0.4) is 0 Å². The van der Waals surface area contributed by atoms with E-state index in [2.05, 4.69) is 32.8 Å². The van der Waals surface area contributed by atoms with Crippen LogP contribution in [0.2, 0.25) is 0 Å². The van der Waals surface area contributed by atoms with E-state index in [1.54, 1.807) is 13.1 Å². The molecule has 1 aromatic heterocycles. The average molecular weight is 378 g/mol. The van der Waals surface area contributed by atoms with Crippen LogP contribution in [0, 0.1) is 6.92 Å². The van der Waals surface area contributed by atoms with Gasteiger partial charge in [-0.3, -0.25) is 9.79 Å². The molecule has 7 heteroatoms. The van der Waals surface area contributed by atoms with Crippen molar-refractivity contribution in [1.29, 1.82) is 0 Å². The van der Waals surface area contributed by atoms with E-state index in [1.807, 2.05) is 6.92 Å². The number of nitrogens with zero attached hydrogens (tertiary/aromatic N) is 2. The van der Waals surface area contributed by atoms with Gasteiger partial charge < -0.3 is 25.3 Å². The van der Waals surface area contributed by atoms with Gasteiger partial charge in [0, 0.05) is 44.8 Å². The minimum absolute atomic E-state index is 0.160. The summed E-state index contributed by atoms with van der Waals surface area (Å²) in [5.41, 5.74) is 0.856. The number of hydrogen-bond acceptors (Lipinski definition) is 4. The molecule has 1 atom stereocenters. The molecular formula is C20H35N5O2. The van der Waals surface area contributed by atoms with Crippen molar-refractivity contribution >= 4 is 11.9 Å². The summed E-state index contributed by atoms with van der Waals surface area (Å²) in [5.74, 6) is 1.05. The van der Waals surface area contributed by atoms with E-state index < -0.39 is 0 Å². The second kappa shape index (κ2) is 11.6. The van der Waals surface area contributed by atoms with E-state index in [4.69, 9.17) is 4.42 Å². The zero-order valence-corrected chi connectivity index (χ0v) is 17.0. The third kappa shape index (κ3) is 7.25. The van der Waals surface area contributed by atoms with Crippen molar-refractivity contribution in [1.82, 2.24) is 20.9 Å². The van der Waals surface area contributed by atoms with Crippen molar-refractivity contribution in [3.8, 4) is 0 Å². The summed E-state index contributed by atoms with van der Waals surface area (Å²) in [4.78, 5) is 18.8. The first kappa shape index (κ1) is 21.3. The highest BCUT2D eigenvalue weighted by atomic mass is 16.3. The highest BCUT2D eigenvalue weighted by Crippen LogP contribution is 2.16. The monoisotopic (exact) mass is 377 g/mol. The van der Waals surface area contributed by atoms with Crippen LogP contribution >= 0.6 is 0 Å². The number of rotatable bonds is 9. The summed E-state index contributed by atoms with van der Waals surface area (Å²) < 4.78 is 5.18. The molecule has 0 spiro atoms. The molecule has 2 heterocycles. The standard InChI is InChI=1S/C20H35N5O2/c1-16-9-15-27-18(16)19(26)22-10-6-11-23-20(21-3)24-12-7-14-25-13-5-4-8-17(25)2/h9,15,17H,4-8,10-14H2,1-3H3,(H,22,26)(H2,21,23,24). The molecule has 1 aliphatic heterocycles. The van der Waals surface area contributed by atoms with Gasteiger partial charge in [0.2, 0.25) is 0 Å². The third-order valence-electron chi connectivity index (χ3n) is 5.08. The second-order valence-electron chi connectivity index (χ2n) is 7.20. The van der Waals surface area contributed by atoms with E-state index in [0.29, 0.717) is 12.3 Å². The van der Waals surface area contributed by atoms with Crippen molar-refractivity contribution in [2.45, 2.75) is 52.0 Å². The van der Waals surface area contributed by atoms with Gasteiger partial charge in [-0.2, -0.15) is 0 Å². The Morgan fingerprint density at radius 2 is 1.96 bits per heavy atom. The number of aliphatic imine (C=N–C) groups is 1. The molecule has 0 saturated carbocycles. The van der Waals surface area contributed by atoms with E-state index in [0.717, 1.165) is 50.0 Å². The summed E-state index contributed by atoms with van der Waals surface area (Å²) in [6.07, 6.45) is 7.49. The Balaban J connectivity index is 1.52. The molecule has 0 radical (unpaired) electrons. The SMILES string of the molecule is CN=C(NCCCNC(=O)c1occc1C)NCCCN1CCCCC1C. The zero-order valence-electron chi connectivity index (χ0n) is 17.0. The molecule has 7 nitrogen and oxygen atoms in total. The minimum atomic E-state index is -0.160. The van der Waals surface area contributed by atoms with Crippen LogP contribution < -0.4 is 16.0 Å². The normalized spacial score (nSPS) is 18.3. The van der Waals surface area contributed by atoms with Gasteiger partial charge in [0.1, 0.15) is 0 Å². The van der Waals surface area contributed by atoms with Gasteiger partial charge in [-0.05, 0) is 52.1 Å². The molecule has 1 aromatic rings. The number of likely N-dealkylation sites (tertiary alicyclic amines) is 1. The van der Waals surface area contributed by atoms with Crippen LogP contribution in [0.4, 0.5) is 0 Å². The molecule has 0 aromatic carbocycles. The predicted molar refractivity (Wildman–Crippen MR) is 109 cm³/mol. The molecule has 2 rings (SSSR count). The number of amides is 1. The molecule has 152 valence electrons. The van der Waals surface area contributed by atoms with Gasteiger partial charge in [0.15, 0.2) is 11.7 Å². The summed E-state index contributed by atoms with van der Waals surface area (Å²) in [6, 6.07) is 2.51. The van der Waals surface area contributed by atoms with Crippen molar-refractivity contribution in [3.05, 3.63) is 23.7 Å². The highest BCUT2D eigenvalue weighted by Gasteiger charge is 2.17. The maximum Gasteiger partial charge on any atom is 0.287 e. The van der Waals surface area contributed by atoms with Gasteiger partial charge >= 0.3 is 0 Å². The van der Waals surface area contributed by atoms with Crippen molar-refractivity contribution < 1.29 is 9.21 Å². The topological polar surface area (TPSA) is 81.9 Å². The second-order valence-corrected chi connectivity index (χ2v) is 7.20. The molecular weight excluding hydrogens is 342 g/mol. The number of guanidine groups is 1. The lowest BCUT2D eigenvalue weighted by Crippen LogP contribution is -2.41. The maximum absolute atomic E-state index is 11.9. The molecule has 1 saturated heterocycles. The Hall–Kier alpha value is -2.02. The minimum Gasteiger partial charge on any atom is -0.459 e. The number of hydrogen-bond donors (Lipinski definition) is 3. The summed E-state index contributed by atoms with van der Waals surface area (Å²) in [7, 11) is 1.78. The maximum atomic E-state index is 11.9. The number of aryl methyl sites for hydroxylation is 1. The Morgan fingerprint density at radius 3 is 2.63 bits per heavy atom. The van der Waals surface area contributed by atoms with Gasteiger partial charge in [0.25, 0.3) is 5.91 Å². The number of nitrogens with one attached hydrogen (secondary N) is 3. The third-order valence-corrected chi connectivity index (χ3v) is 5.08. The van der Waals surface area contributed by atoms with Crippen LogP contribution in [-0.2, 0) is 0 Å². The number of carbonyl (C=O) groups excluding carboxylic acids is 1. The average Bonchev–Trinajstić information content (AvgIpc) is 3.10. The van der Waals surface area contributed by atoms with Crippen LogP contribution in [0.1, 0.15) is 55.1 Å². The van der Waals surface area contributed by atoms with E-state index >= 15 is 0 Å². The van der Waals surface area contributed by atoms with Gasteiger partial charge in [-0.1, -0.05) is 6.42 Å². The number of carbonyl (C=O) groups is 1. The first-order valence-corrected chi connectivity index (χ1v) is 10.1. The molecule has 0 bridgehead atoms. The van der Waals surface area contributed by atoms with Crippen molar-refractivity contribution in [2.75, 3.05) is 39.8 Å². The lowest BCUT2D eigenvalue weighted by atomic mass is 10.0. The van der Waals surface area contributed by atoms with E-state index in [9.17, 15) is 4.79 Å². The van der Waals surface area contributed by atoms with Gasteiger partial charge in [-0.25, -0.2) is 0 Å². The number of furan rings is 1. The fourth-order valence-electron chi connectivity index (χ4n) is 3.38. The molecule has 1 amide bonds. The van der Waals surface area contributed by atoms with E-state index in [1.165, 1.54) is 32.1 Å². The number of piperidine rings is 1. The summed E-state index contributed by atoms with van der Waals surface area (Å²) in [6.45, 7) is 8.83. The smallest absolute Gasteiger partial charge is 0.287 e. The molecule has 3 N–H and O–H groups in total. The lowest BCUT2D eigenvalue weighted by Gasteiger charge is -2.33. The lowest BCUT2D eigenvalue weighted by molar-refractivity contribution is 0.0925. The van der Waals surface area contributed by atoms with E-state index in [-0.39, 0.29) is 5.91 Å². The Kier molecular flexibility index (Phi) is 9.18. The van der Waals surface area contributed by atoms with Gasteiger partial charge in [0.05, 0.1) is 6.26 Å². The molecule has 1 unspecified atom stereocenters. The first-order chi connectivity index (χ1) is 13.1. The van der Waals surface area contributed by atoms with Crippen LogP contribution in [-0.4, -0.2) is 62.6 Å². The highest BCUT2D eigenvalue weighted by molar-refractivity contribution is 5.92. The van der Waals surface area contributed by atoms with Crippen LogP contribution in [0.15, 0.2) is 21.7 Å². The Labute approximate surface area is 163 Å². The summed E-state index contributed by atoms with van der Waals surface area (Å²) >= 11 is 0. The Bertz CT molecular complexity index is 599. The Morgan fingerprint density at radius 1 is 1.22 bits per heavy atom. The van der Waals surface area contributed by atoms with Crippen molar-refractivity contribution in [2.24, 2.45) is 4.99 Å². The fourth-order valence-corrected chi connectivity index (χ4v) is 3.38. The largest absolute Gasteiger partial charge is 0.459 e. The quantitative estimate of drug-likeness (QED) is 0.349. The molecule has 1 aliphatic rings. The fraction of sp³-hybridized carbons (Fsp3) is 0.700. The van der Waals surface area contributed by atoms with Gasteiger partial charge in [-0.15, -0.1) is 0 Å². The molecule has 0 aliphatic carbocycles. The predicted octanol–water partition coefficient (Wildman–Crippen LogP) is 2.14. The van der Waals surface area contributed by atoms with Crippen LogP contribution in [0.5, 0.6) is 0 Å². The summed E-state index contributed by atoms with van der Waals surface area (Å²) in [5, 5.41) is 9.52. The molecule has 27 heavy (non-hydrogen) atoms. The zero-order chi connectivity index (χ0) is 19.5. The first-order valence-electron chi connectivity index (χ1n) is 10.1. The van der Waals surface area contributed by atoms with Crippen molar-refractivity contribution in [3.63, 3.8) is 0 Å². The molecule has 1 fully saturated rings.